The third-order valence-corrected chi connectivity index (χ3v) is 3.56. The monoisotopic (exact) mass is 338 g/mol. The smallest absolute Gasteiger partial charge is 0.256 e. The molecule has 3 N–H and O–H groups in total. The van der Waals surface area contributed by atoms with E-state index in [9.17, 15) is 4.79 Å². The number of rotatable bonds is 2. The molecule has 0 fully saturated rings. The van der Waals surface area contributed by atoms with Gasteiger partial charge in [0.2, 0.25) is 0 Å². The molecule has 0 aliphatic carbocycles. The van der Waals surface area contributed by atoms with Crippen LogP contribution in [0.1, 0.15) is 15.9 Å². The molecular weight excluding hydrogens is 328 g/mol. The van der Waals surface area contributed by atoms with E-state index >= 15 is 0 Å². The van der Waals surface area contributed by atoms with Crippen LogP contribution in [0.25, 0.3) is 0 Å². The highest BCUT2D eigenvalue weighted by atomic mass is 79.9. The first-order valence-corrected chi connectivity index (χ1v) is 6.77. The van der Waals surface area contributed by atoms with Crippen molar-refractivity contribution in [3.63, 3.8) is 0 Å². The molecule has 0 spiro atoms. The lowest BCUT2D eigenvalue weighted by molar-refractivity contribution is 0.102. The number of hydrogen-bond acceptors (Lipinski definition) is 2. The summed E-state index contributed by atoms with van der Waals surface area (Å²) in [4.78, 5) is 12.2. The maximum absolute atomic E-state index is 12.2. The number of nitrogen functional groups attached to an aromatic ring is 1. The van der Waals surface area contributed by atoms with Crippen LogP contribution in [0.3, 0.4) is 0 Å². The summed E-state index contributed by atoms with van der Waals surface area (Å²) < 4.78 is 0.733. The molecule has 0 aliphatic rings. The van der Waals surface area contributed by atoms with Gasteiger partial charge >= 0.3 is 0 Å². The SMILES string of the molecule is Cc1ccc(Br)c(C(=O)Nc2cc(Cl)ccc2N)c1. The predicted octanol–water partition coefficient (Wildman–Crippen LogP) is 4.25. The van der Waals surface area contributed by atoms with Crippen LogP contribution in [0, 0.1) is 6.92 Å². The highest BCUT2D eigenvalue weighted by molar-refractivity contribution is 9.10. The number of hydrogen-bond donors (Lipinski definition) is 2. The molecule has 0 radical (unpaired) electrons. The molecule has 1 amide bonds. The van der Waals surface area contributed by atoms with Crippen LogP contribution in [-0.4, -0.2) is 5.91 Å². The zero-order chi connectivity index (χ0) is 14.0. The van der Waals surface area contributed by atoms with Gasteiger partial charge in [0.05, 0.1) is 16.9 Å². The van der Waals surface area contributed by atoms with Gasteiger partial charge in [-0.05, 0) is 53.2 Å². The van der Waals surface area contributed by atoms with E-state index in [4.69, 9.17) is 17.3 Å². The first-order chi connectivity index (χ1) is 8.97. The fraction of sp³-hybridized carbons (Fsp3) is 0.0714. The normalized spacial score (nSPS) is 10.3. The minimum absolute atomic E-state index is 0.232. The number of benzene rings is 2. The highest BCUT2D eigenvalue weighted by Gasteiger charge is 2.12. The molecule has 0 saturated carbocycles. The summed E-state index contributed by atoms with van der Waals surface area (Å²) in [5.74, 6) is -0.232. The number of aryl methyl sites for hydroxylation is 1. The Kier molecular flexibility index (Phi) is 4.12. The van der Waals surface area contributed by atoms with Crippen LogP contribution < -0.4 is 11.1 Å². The second-order valence-electron chi connectivity index (χ2n) is 4.17. The third kappa shape index (κ3) is 3.28. The van der Waals surface area contributed by atoms with E-state index in [1.165, 1.54) is 0 Å². The zero-order valence-electron chi connectivity index (χ0n) is 10.2. The quantitative estimate of drug-likeness (QED) is 0.804. The molecule has 0 saturated heterocycles. The van der Waals surface area contributed by atoms with Crippen molar-refractivity contribution in [3.8, 4) is 0 Å². The van der Waals surface area contributed by atoms with Crippen molar-refractivity contribution >= 4 is 44.8 Å². The number of halogens is 2. The lowest BCUT2D eigenvalue weighted by Crippen LogP contribution is -2.14. The van der Waals surface area contributed by atoms with Crippen molar-refractivity contribution in [2.45, 2.75) is 6.92 Å². The first kappa shape index (κ1) is 13.9. The Bertz CT molecular complexity index is 643. The molecule has 0 aliphatic heterocycles. The summed E-state index contributed by atoms with van der Waals surface area (Å²) in [6, 6.07) is 10.5. The average Bonchev–Trinajstić information content (AvgIpc) is 2.36. The summed E-state index contributed by atoms with van der Waals surface area (Å²) in [6.07, 6.45) is 0. The minimum Gasteiger partial charge on any atom is -0.397 e. The van der Waals surface area contributed by atoms with E-state index in [2.05, 4.69) is 21.2 Å². The van der Waals surface area contributed by atoms with Crippen LogP contribution >= 0.6 is 27.5 Å². The van der Waals surface area contributed by atoms with Gasteiger partial charge in [-0.3, -0.25) is 4.79 Å². The number of nitrogens with one attached hydrogen (secondary N) is 1. The number of carbonyl (C=O) groups excluding carboxylic acids is 1. The van der Waals surface area contributed by atoms with Crippen LogP contribution in [0.2, 0.25) is 5.02 Å². The number of amides is 1. The molecule has 0 aromatic heterocycles. The van der Waals surface area contributed by atoms with E-state index < -0.39 is 0 Å². The average molecular weight is 340 g/mol. The van der Waals surface area contributed by atoms with E-state index in [1.807, 2.05) is 19.1 Å². The number of nitrogens with two attached hydrogens (primary N) is 1. The van der Waals surface area contributed by atoms with E-state index in [-0.39, 0.29) is 5.91 Å². The molecule has 2 aromatic carbocycles. The van der Waals surface area contributed by atoms with Crippen LogP contribution in [0.4, 0.5) is 11.4 Å². The Balaban J connectivity index is 2.30. The molecule has 2 rings (SSSR count). The topological polar surface area (TPSA) is 55.1 Å². The summed E-state index contributed by atoms with van der Waals surface area (Å²) in [6.45, 7) is 1.93. The standard InChI is InChI=1S/C14H12BrClN2O/c1-8-2-4-11(15)10(6-8)14(19)18-13-7-9(16)3-5-12(13)17/h2-7H,17H2,1H3,(H,18,19). The van der Waals surface area contributed by atoms with Gasteiger partial charge in [0, 0.05) is 9.50 Å². The summed E-state index contributed by atoms with van der Waals surface area (Å²) >= 11 is 9.25. The second kappa shape index (κ2) is 5.63. The molecule has 0 heterocycles. The summed E-state index contributed by atoms with van der Waals surface area (Å²) in [5.41, 5.74) is 8.34. The second-order valence-corrected chi connectivity index (χ2v) is 5.46. The highest BCUT2D eigenvalue weighted by Crippen LogP contribution is 2.25. The van der Waals surface area contributed by atoms with Gasteiger partial charge in [0.1, 0.15) is 0 Å². The van der Waals surface area contributed by atoms with Gasteiger partial charge in [-0.2, -0.15) is 0 Å². The van der Waals surface area contributed by atoms with Crippen molar-refractivity contribution in [2.24, 2.45) is 0 Å². The number of carbonyl (C=O) groups is 1. The number of anilines is 2. The molecule has 5 heteroatoms. The minimum atomic E-state index is -0.232. The van der Waals surface area contributed by atoms with Gasteiger partial charge in [0.25, 0.3) is 5.91 Å². The summed E-state index contributed by atoms with van der Waals surface area (Å²) in [7, 11) is 0. The molecule has 0 bridgehead atoms. The van der Waals surface area contributed by atoms with Gasteiger partial charge < -0.3 is 11.1 Å². The molecule has 19 heavy (non-hydrogen) atoms. The molecule has 0 unspecified atom stereocenters. The van der Waals surface area contributed by atoms with Crippen molar-refractivity contribution < 1.29 is 4.79 Å². The largest absolute Gasteiger partial charge is 0.397 e. The van der Waals surface area contributed by atoms with Crippen molar-refractivity contribution in [2.75, 3.05) is 11.1 Å². The molecular formula is C14H12BrClN2O. The predicted molar refractivity (Wildman–Crippen MR) is 82.7 cm³/mol. The third-order valence-electron chi connectivity index (χ3n) is 2.63. The van der Waals surface area contributed by atoms with E-state index in [1.54, 1.807) is 24.3 Å². The molecule has 2 aromatic rings. The Labute approximate surface area is 124 Å². The lowest BCUT2D eigenvalue weighted by atomic mass is 10.1. The van der Waals surface area contributed by atoms with Crippen LogP contribution in [0.15, 0.2) is 40.9 Å². The summed E-state index contributed by atoms with van der Waals surface area (Å²) in [5, 5.41) is 3.28. The van der Waals surface area contributed by atoms with Gasteiger partial charge in [-0.25, -0.2) is 0 Å². The molecule has 98 valence electrons. The Morgan fingerprint density at radius 2 is 2.00 bits per heavy atom. The van der Waals surface area contributed by atoms with Crippen molar-refractivity contribution in [3.05, 3.63) is 57.0 Å². The maximum atomic E-state index is 12.2. The van der Waals surface area contributed by atoms with Crippen molar-refractivity contribution in [1.82, 2.24) is 0 Å². The Morgan fingerprint density at radius 1 is 1.26 bits per heavy atom. The fourth-order valence-corrected chi connectivity index (χ4v) is 2.24. The Morgan fingerprint density at radius 3 is 2.74 bits per heavy atom. The van der Waals surface area contributed by atoms with Crippen molar-refractivity contribution in [1.29, 1.82) is 0 Å². The van der Waals surface area contributed by atoms with E-state index in [0.717, 1.165) is 10.0 Å². The lowest BCUT2D eigenvalue weighted by Gasteiger charge is -2.10. The van der Waals surface area contributed by atoms with Gasteiger partial charge in [-0.1, -0.05) is 23.2 Å². The van der Waals surface area contributed by atoms with Crippen LogP contribution in [-0.2, 0) is 0 Å². The maximum Gasteiger partial charge on any atom is 0.256 e. The Hall–Kier alpha value is -1.52. The van der Waals surface area contributed by atoms with Crippen LogP contribution in [0.5, 0.6) is 0 Å². The van der Waals surface area contributed by atoms with Gasteiger partial charge in [0.15, 0.2) is 0 Å². The first-order valence-electron chi connectivity index (χ1n) is 5.60. The molecule has 3 nitrogen and oxygen atoms in total. The zero-order valence-corrected chi connectivity index (χ0v) is 12.5. The molecule has 0 atom stereocenters. The fourth-order valence-electron chi connectivity index (χ4n) is 1.64. The van der Waals surface area contributed by atoms with Gasteiger partial charge in [-0.15, -0.1) is 0 Å². The van der Waals surface area contributed by atoms with E-state index in [0.29, 0.717) is 22.0 Å².